The van der Waals surface area contributed by atoms with Gasteiger partial charge in [0.15, 0.2) is 0 Å². The van der Waals surface area contributed by atoms with Gasteiger partial charge in [-0.05, 0) is 38.0 Å². The number of carbonyl (C=O) groups is 1. The summed E-state index contributed by atoms with van der Waals surface area (Å²) in [6.45, 7) is 4.67. The van der Waals surface area contributed by atoms with E-state index >= 15 is 0 Å². The topological polar surface area (TPSA) is 76.3 Å². The minimum absolute atomic E-state index is 0.0220. The maximum atomic E-state index is 12.4. The standard InChI is InChI=1S/C17H20N4O2/c1-3-5-11(2)19-20-16(22)12-7-8-13-14(10-12)18-15-6-4-9-21(15)17(13)23/h7-8,10H,3-6,9H2,1-2H3,(H,20,22)/b19-11-. The molecule has 23 heavy (non-hydrogen) atoms. The van der Waals surface area contributed by atoms with Crippen LogP contribution in [0.5, 0.6) is 0 Å². The second-order valence-corrected chi connectivity index (χ2v) is 5.86. The number of aromatic nitrogens is 2. The van der Waals surface area contributed by atoms with Crippen LogP contribution in [0.3, 0.4) is 0 Å². The molecule has 3 rings (SSSR count). The van der Waals surface area contributed by atoms with Crippen molar-refractivity contribution in [3.8, 4) is 0 Å². The SMILES string of the molecule is CCC/C(C)=N\NC(=O)c1ccc2c(=O)n3c(nc2c1)CCC3. The van der Waals surface area contributed by atoms with Crippen LogP contribution in [-0.2, 0) is 13.0 Å². The summed E-state index contributed by atoms with van der Waals surface area (Å²) in [6.07, 6.45) is 3.59. The Hall–Kier alpha value is -2.50. The first-order valence-corrected chi connectivity index (χ1v) is 7.97. The van der Waals surface area contributed by atoms with Crippen LogP contribution in [0, 0.1) is 0 Å². The van der Waals surface area contributed by atoms with Crippen molar-refractivity contribution in [2.24, 2.45) is 5.10 Å². The van der Waals surface area contributed by atoms with E-state index in [9.17, 15) is 9.59 Å². The smallest absolute Gasteiger partial charge is 0.271 e. The Balaban J connectivity index is 1.91. The average molecular weight is 312 g/mol. The number of aryl methyl sites for hydroxylation is 1. The summed E-state index contributed by atoms with van der Waals surface area (Å²) in [7, 11) is 0. The molecule has 6 heteroatoms. The summed E-state index contributed by atoms with van der Waals surface area (Å²) in [5, 5.41) is 4.63. The zero-order chi connectivity index (χ0) is 16.4. The molecule has 1 aromatic heterocycles. The van der Waals surface area contributed by atoms with Gasteiger partial charge >= 0.3 is 0 Å². The highest BCUT2D eigenvalue weighted by atomic mass is 16.2. The summed E-state index contributed by atoms with van der Waals surface area (Å²) < 4.78 is 1.72. The molecule has 1 N–H and O–H groups in total. The van der Waals surface area contributed by atoms with Crippen LogP contribution >= 0.6 is 0 Å². The fourth-order valence-corrected chi connectivity index (χ4v) is 2.85. The van der Waals surface area contributed by atoms with Crippen molar-refractivity contribution >= 4 is 22.5 Å². The Kier molecular flexibility index (Phi) is 4.23. The maximum Gasteiger partial charge on any atom is 0.271 e. The van der Waals surface area contributed by atoms with E-state index in [1.165, 1.54) is 0 Å². The van der Waals surface area contributed by atoms with Gasteiger partial charge in [-0.15, -0.1) is 0 Å². The lowest BCUT2D eigenvalue weighted by molar-refractivity contribution is 0.0955. The number of carbonyl (C=O) groups excluding carboxylic acids is 1. The van der Waals surface area contributed by atoms with Crippen LogP contribution in [0.15, 0.2) is 28.1 Å². The molecule has 1 amide bonds. The van der Waals surface area contributed by atoms with Gasteiger partial charge in [-0.25, -0.2) is 10.4 Å². The highest BCUT2D eigenvalue weighted by Gasteiger charge is 2.17. The lowest BCUT2D eigenvalue weighted by Gasteiger charge is -2.06. The van der Waals surface area contributed by atoms with Crippen molar-refractivity contribution in [3.63, 3.8) is 0 Å². The van der Waals surface area contributed by atoms with Crippen molar-refractivity contribution in [2.75, 3.05) is 0 Å². The zero-order valence-corrected chi connectivity index (χ0v) is 13.4. The summed E-state index contributed by atoms with van der Waals surface area (Å²) in [6, 6.07) is 4.98. The quantitative estimate of drug-likeness (QED) is 0.695. The van der Waals surface area contributed by atoms with Crippen LogP contribution in [0.2, 0.25) is 0 Å². The number of nitrogens with zero attached hydrogens (tertiary/aromatic N) is 3. The van der Waals surface area contributed by atoms with Gasteiger partial charge in [-0.2, -0.15) is 5.10 Å². The van der Waals surface area contributed by atoms with E-state index in [0.29, 0.717) is 16.5 Å². The highest BCUT2D eigenvalue weighted by molar-refractivity contribution is 5.98. The van der Waals surface area contributed by atoms with Gasteiger partial charge in [0, 0.05) is 24.2 Å². The summed E-state index contributed by atoms with van der Waals surface area (Å²) >= 11 is 0. The molecule has 0 bridgehead atoms. The minimum atomic E-state index is -0.287. The Morgan fingerprint density at radius 2 is 2.26 bits per heavy atom. The Morgan fingerprint density at radius 3 is 3.04 bits per heavy atom. The van der Waals surface area contributed by atoms with Gasteiger partial charge in [0.1, 0.15) is 5.82 Å². The Labute approximate surface area is 134 Å². The van der Waals surface area contributed by atoms with Gasteiger partial charge in [0.2, 0.25) is 0 Å². The van der Waals surface area contributed by atoms with Gasteiger partial charge in [0.25, 0.3) is 11.5 Å². The van der Waals surface area contributed by atoms with E-state index in [-0.39, 0.29) is 11.5 Å². The molecule has 0 fully saturated rings. The summed E-state index contributed by atoms with van der Waals surface area (Å²) in [5.74, 6) is 0.515. The number of hydrogen-bond acceptors (Lipinski definition) is 4. The predicted molar refractivity (Wildman–Crippen MR) is 89.8 cm³/mol. The second kappa shape index (κ2) is 6.32. The Morgan fingerprint density at radius 1 is 1.43 bits per heavy atom. The average Bonchev–Trinajstić information content (AvgIpc) is 3.01. The number of rotatable bonds is 4. The van der Waals surface area contributed by atoms with Crippen LogP contribution in [0.25, 0.3) is 10.9 Å². The number of hydrazone groups is 1. The molecule has 1 aromatic carbocycles. The molecule has 120 valence electrons. The molecule has 2 aromatic rings. The molecule has 0 spiro atoms. The molecule has 0 saturated heterocycles. The number of benzene rings is 1. The molecule has 0 saturated carbocycles. The fourth-order valence-electron chi connectivity index (χ4n) is 2.85. The lowest BCUT2D eigenvalue weighted by atomic mass is 10.1. The monoisotopic (exact) mass is 312 g/mol. The highest BCUT2D eigenvalue weighted by Crippen LogP contribution is 2.16. The third-order valence-corrected chi connectivity index (χ3v) is 4.04. The first kappa shape index (κ1) is 15.4. The molecular formula is C17H20N4O2. The van der Waals surface area contributed by atoms with Crippen LogP contribution in [-0.4, -0.2) is 21.2 Å². The van der Waals surface area contributed by atoms with Crippen LogP contribution in [0.1, 0.15) is 49.3 Å². The van der Waals surface area contributed by atoms with Crippen molar-refractivity contribution < 1.29 is 4.79 Å². The number of nitrogens with one attached hydrogen (secondary N) is 1. The van der Waals surface area contributed by atoms with E-state index in [1.54, 1.807) is 22.8 Å². The first-order valence-electron chi connectivity index (χ1n) is 7.97. The third-order valence-electron chi connectivity index (χ3n) is 4.04. The van der Waals surface area contributed by atoms with Gasteiger partial charge in [-0.3, -0.25) is 14.2 Å². The molecule has 2 heterocycles. The van der Waals surface area contributed by atoms with Gasteiger partial charge < -0.3 is 0 Å². The molecule has 0 unspecified atom stereocenters. The molecule has 1 aliphatic heterocycles. The fraction of sp³-hybridized carbons (Fsp3) is 0.412. The summed E-state index contributed by atoms with van der Waals surface area (Å²) in [5.41, 5.74) is 4.45. The largest absolute Gasteiger partial charge is 0.296 e. The van der Waals surface area contributed by atoms with Crippen molar-refractivity contribution in [1.29, 1.82) is 0 Å². The van der Waals surface area contributed by atoms with Gasteiger partial charge in [-0.1, -0.05) is 13.3 Å². The molecule has 0 atom stereocenters. The van der Waals surface area contributed by atoms with Crippen molar-refractivity contribution in [1.82, 2.24) is 15.0 Å². The number of amides is 1. The molecule has 6 nitrogen and oxygen atoms in total. The minimum Gasteiger partial charge on any atom is -0.296 e. The predicted octanol–water partition coefficient (Wildman–Crippen LogP) is 2.25. The first-order chi connectivity index (χ1) is 11.1. The Bertz CT molecular complexity index is 852. The van der Waals surface area contributed by atoms with Gasteiger partial charge in [0.05, 0.1) is 10.9 Å². The lowest BCUT2D eigenvalue weighted by Crippen LogP contribution is -2.22. The summed E-state index contributed by atoms with van der Waals surface area (Å²) in [4.78, 5) is 29.1. The second-order valence-electron chi connectivity index (χ2n) is 5.86. The van der Waals surface area contributed by atoms with E-state index < -0.39 is 0 Å². The maximum absolute atomic E-state index is 12.4. The molecule has 0 radical (unpaired) electrons. The molecule has 0 aliphatic carbocycles. The van der Waals surface area contributed by atoms with E-state index in [1.807, 2.05) is 6.92 Å². The third kappa shape index (κ3) is 3.02. The van der Waals surface area contributed by atoms with Crippen molar-refractivity contribution in [3.05, 3.63) is 39.9 Å². The number of hydrogen-bond donors (Lipinski definition) is 1. The molecular weight excluding hydrogens is 292 g/mol. The van der Waals surface area contributed by atoms with E-state index in [4.69, 9.17) is 0 Å². The van der Waals surface area contributed by atoms with E-state index in [0.717, 1.165) is 43.8 Å². The zero-order valence-electron chi connectivity index (χ0n) is 13.4. The number of fused-ring (bicyclic) bond motifs is 2. The van der Waals surface area contributed by atoms with Crippen molar-refractivity contribution in [2.45, 2.75) is 46.1 Å². The van der Waals surface area contributed by atoms with Crippen LogP contribution < -0.4 is 11.0 Å². The molecule has 1 aliphatic rings. The van der Waals surface area contributed by atoms with E-state index in [2.05, 4.69) is 22.4 Å². The normalized spacial score (nSPS) is 14.1. The van der Waals surface area contributed by atoms with Crippen LogP contribution in [0.4, 0.5) is 0 Å².